The molecule has 12 heteroatoms. The van der Waals surface area contributed by atoms with Crippen molar-refractivity contribution in [1.29, 1.82) is 0 Å². The molecule has 1 heterocycles. The van der Waals surface area contributed by atoms with Gasteiger partial charge in [0.05, 0.1) is 10.6 Å². The highest BCUT2D eigenvalue weighted by Crippen LogP contribution is 2.21. The van der Waals surface area contributed by atoms with Crippen LogP contribution >= 0.6 is 11.6 Å². The maximum atomic E-state index is 12.8. The van der Waals surface area contributed by atoms with E-state index in [1.54, 1.807) is 59.5 Å². The molecule has 0 atom stereocenters. The van der Waals surface area contributed by atoms with Gasteiger partial charge in [-0.25, -0.2) is 4.79 Å². The quantitative estimate of drug-likeness (QED) is 0.471. The van der Waals surface area contributed by atoms with Crippen LogP contribution in [0.15, 0.2) is 61.2 Å². The van der Waals surface area contributed by atoms with Gasteiger partial charge in [0.15, 0.2) is 0 Å². The van der Waals surface area contributed by atoms with E-state index < -0.39 is 12.1 Å². The lowest BCUT2D eigenvalue weighted by Gasteiger charge is -2.31. The second kappa shape index (κ2) is 13.4. The maximum Gasteiger partial charge on any atom is 0.490 e. The second-order valence-electron chi connectivity index (χ2n) is 7.91. The summed E-state index contributed by atoms with van der Waals surface area (Å²) in [4.78, 5) is 47.8. The topological polar surface area (TPSA) is 116 Å². The molecule has 37 heavy (non-hydrogen) atoms. The number of carboxylic acids is 1. The summed E-state index contributed by atoms with van der Waals surface area (Å²) in [6.45, 7) is 5.12. The fourth-order valence-electron chi connectivity index (χ4n) is 3.38. The molecule has 1 aliphatic heterocycles. The van der Waals surface area contributed by atoms with Crippen LogP contribution < -0.4 is 10.6 Å². The summed E-state index contributed by atoms with van der Waals surface area (Å²) in [5.41, 5.74) is 1.51. The number of nitrogens with zero attached hydrogens (tertiary/aromatic N) is 1. The van der Waals surface area contributed by atoms with Crippen molar-refractivity contribution in [1.82, 2.24) is 10.2 Å². The van der Waals surface area contributed by atoms with Crippen LogP contribution in [0.2, 0.25) is 5.02 Å². The zero-order valence-corrected chi connectivity index (χ0v) is 20.3. The Balaban J connectivity index is 0.000000604. The van der Waals surface area contributed by atoms with Crippen molar-refractivity contribution in [2.75, 3.05) is 25.0 Å². The highest BCUT2D eigenvalue weighted by atomic mass is 35.5. The Morgan fingerprint density at radius 1 is 1.05 bits per heavy atom. The Hall–Kier alpha value is -3.86. The predicted octanol–water partition coefficient (Wildman–Crippen LogP) is 4.38. The minimum atomic E-state index is -5.08. The molecular formula is C25H25ClF3N3O5. The van der Waals surface area contributed by atoms with Gasteiger partial charge in [0, 0.05) is 36.8 Å². The molecule has 0 aliphatic carbocycles. The van der Waals surface area contributed by atoms with Crippen LogP contribution in [0.25, 0.3) is 0 Å². The van der Waals surface area contributed by atoms with Crippen LogP contribution in [-0.4, -0.2) is 59.5 Å². The minimum Gasteiger partial charge on any atom is -0.475 e. The van der Waals surface area contributed by atoms with Crippen molar-refractivity contribution in [2.24, 2.45) is 5.92 Å². The molecule has 8 nitrogen and oxygen atoms in total. The smallest absolute Gasteiger partial charge is 0.475 e. The van der Waals surface area contributed by atoms with E-state index in [-0.39, 0.29) is 23.6 Å². The molecule has 0 unspecified atom stereocenters. The van der Waals surface area contributed by atoms with E-state index in [9.17, 15) is 27.6 Å². The van der Waals surface area contributed by atoms with Crippen molar-refractivity contribution < 1.29 is 37.5 Å². The van der Waals surface area contributed by atoms with E-state index in [0.717, 1.165) is 0 Å². The number of likely N-dealkylation sites (tertiary alicyclic amines) is 1. The van der Waals surface area contributed by atoms with Crippen molar-refractivity contribution >= 4 is 41.0 Å². The van der Waals surface area contributed by atoms with Gasteiger partial charge in [-0.2, -0.15) is 13.2 Å². The van der Waals surface area contributed by atoms with Gasteiger partial charge in [-0.15, -0.1) is 6.58 Å². The molecule has 0 spiro atoms. The fourth-order valence-corrected chi connectivity index (χ4v) is 3.61. The van der Waals surface area contributed by atoms with Crippen LogP contribution in [0, 0.1) is 5.92 Å². The summed E-state index contributed by atoms with van der Waals surface area (Å²) < 4.78 is 31.7. The maximum absolute atomic E-state index is 12.8. The Labute approximate surface area is 216 Å². The predicted molar refractivity (Wildman–Crippen MR) is 131 cm³/mol. The molecule has 198 valence electrons. The Kier molecular flexibility index (Phi) is 10.7. The molecule has 3 rings (SSSR count). The van der Waals surface area contributed by atoms with Crippen molar-refractivity contribution in [3.05, 3.63) is 77.3 Å². The third-order valence-electron chi connectivity index (χ3n) is 5.32. The molecule has 1 saturated heterocycles. The summed E-state index contributed by atoms with van der Waals surface area (Å²) in [6.07, 6.45) is -2.15. The molecule has 2 aromatic carbocycles. The first kappa shape index (κ1) is 29.4. The summed E-state index contributed by atoms with van der Waals surface area (Å²) >= 11 is 6.05. The molecule has 1 fully saturated rings. The first-order chi connectivity index (χ1) is 17.4. The van der Waals surface area contributed by atoms with Gasteiger partial charge in [-0.05, 0) is 49.2 Å². The standard InChI is InChI=1S/C23H24ClN3O3.C2HF3O2/c1-2-13-25-21(28)16-11-14-27(15-12-16)23(30)17-7-9-18(10-8-17)26-22(29)19-5-3-4-6-20(19)24;3-2(4,5)1(6)7/h2-10,16H,1,11-15H2,(H,25,28)(H,26,29);(H,6,7). The van der Waals surface area contributed by atoms with Gasteiger partial charge < -0.3 is 20.6 Å². The van der Waals surface area contributed by atoms with Crippen LogP contribution in [0.5, 0.6) is 0 Å². The second-order valence-corrected chi connectivity index (χ2v) is 8.32. The first-order valence-corrected chi connectivity index (χ1v) is 11.5. The molecule has 0 saturated carbocycles. The normalized spacial score (nSPS) is 13.6. The number of carbonyl (C=O) groups excluding carboxylic acids is 3. The van der Waals surface area contributed by atoms with E-state index in [0.29, 0.717) is 54.3 Å². The number of hydrogen-bond acceptors (Lipinski definition) is 4. The van der Waals surface area contributed by atoms with Crippen molar-refractivity contribution in [3.63, 3.8) is 0 Å². The lowest BCUT2D eigenvalue weighted by atomic mass is 9.95. The largest absolute Gasteiger partial charge is 0.490 e. The van der Waals surface area contributed by atoms with E-state index in [2.05, 4.69) is 17.2 Å². The highest BCUT2D eigenvalue weighted by Gasteiger charge is 2.38. The summed E-state index contributed by atoms with van der Waals surface area (Å²) in [5.74, 6) is -3.20. The zero-order chi connectivity index (χ0) is 27.6. The molecule has 1 aliphatic rings. The number of amides is 3. The average molecular weight is 540 g/mol. The van der Waals surface area contributed by atoms with Gasteiger partial charge in [-0.3, -0.25) is 14.4 Å². The lowest BCUT2D eigenvalue weighted by Crippen LogP contribution is -2.43. The SMILES string of the molecule is C=CCNC(=O)C1CCN(C(=O)c2ccc(NC(=O)c3ccccc3Cl)cc2)CC1.O=C(O)C(F)(F)F. The minimum absolute atomic E-state index is 0.0145. The number of aliphatic carboxylic acids is 1. The number of alkyl halides is 3. The van der Waals surface area contributed by atoms with Crippen molar-refractivity contribution in [2.45, 2.75) is 19.0 Å². The molecule has 3 amide bonds. The van der Waals surface area contributed by atoms with Crippen LogP contribution in [-0.2, 0) is 9.59 Å². The molecule has 3 N–H and O–H groups in total. The monoisotopic (exact) mass is 539 g/mol. The molecule has 0 radical (unpaired) electrons. The van der Waals surface area contributed by atoms with Crippen LogP contribution in [0.4, 0.5) is 18.9 Å². The van der Waals surface area contributed by atoms with E-state index in [1.807, 2.05) is 0 Å². The Morgan fingerprint density at radius 2 is 1.62 bits per heavy atom. The Morgan fingerprint density at radius 3 is 2.14 bits per heavy atom. The number of hydrogen-bond donors (Lipinski definition) is 3. The third kappa shape index (κ3) is 8.94. The number of anilines is 1. The van der Waals surface area contributed by atoms with Crippen molar-refractivity contribution in [3.8, 4) is 0 Å². The number of carboxylic acid groups (broad SMARTS) is 1. The van der Waals surface area contributed by atoms with E-state index >= 15 is 0 Å². The van der Waals surface area contributed by atoms with Crippen LogP contribution in [0.1, 0.15) is 33.6 Å². The number of piperidine rings is 1. The van der Waals surface area contributed by atoms with Crippen LogP contribution in [0.3, 0.4) is 0 Å². The third-order valence-corrected chi connectivity index (χ3v) is 5.65. The molecule has 0 bridgehead atoms. The zero-order valence-electron chi connectivity index (χ0n) is 19.6. The number of nitrogens with one attached hydrogen (secondary N) is 2. The van der Waals surface area contributed by atoms with Gasteiger partial charge >= 0.3 is 12.1 Å². The summed E-state index contributed by atoms with van der Waals surface area (Å²) in [6, 6.07) is 13.6. The number of halogens is 4. The highest BCUT2D eigenvalue weighted by molar-refractivity contribution is 6.34. The number of carbonyl (C=O) groups is 4. The first-order valence-electron chi connectivity index (χ1n) is 11.1. The van der Waals surface area contributed by atoms with E-state index in [1.165, 1.54) is 0 Å². The fraction of sp³-hybridized carbons (Fsp3) is 0.280. The number of benzene rings is 2. The van der Waals surface area contributed by atoms with Gasteiger partial charge in [0.1, 0.15) is 0 Å². The summed E-state index contributed by atoms with van der Waals surface area (Å²) in [5, 5.41) is 13.1. The summed E-state index contributed by atoms with van der Waals surface area (Å²) in [7, 11) is 0. The average Bonchev–Trinajstić information content (AvgIpc) is 2.87. The van der Waals surface area contributed by atoms with E-state index in [4.69, 9.17) is 21.5 Å². The number of rotatable bonds is 6. The van der Waals surface area contributed by atoms with Gasteiger partial charge in [0.25, 0.3) is 11.8 Å². The molecular weight excluding hydrogens is 515 g/mol. The Bertz CT molecular complexity index is 1130. The van der Waals surface area contributed by atoms with Gasteiger partial charge in [0.2, 0.25) is 5.91 Å². The molecule has 2 aromatic rings. The van der Waals surface area contributed by atoms with Gasteiger partial charge in [-0.1, -0.05) is 29.8 Å². The lowest BCUT2D eigenvalue weighted by molar-refractivity contribution is -0.192. The molecule has 0 aromatic heterocycles.